The van der Waals surface area contributed by atoms with E-state index >= 15 is 0 Å². The van der Waals surface area contributed by atoms with Gasteiger partial charge in [-0.25, -0.2) is 0 Å². The summed E-state index contributed by atoms with van der Waals surface area (Å²) in [5.41, 5.74) is 0. The fraction of sp³-hybridized carbons (Fsp3) is 0. The maximum Gasteiger partial charge on any atom is 2.00 e. The molecule has 0 aliphatic heterocycles. The fourth-order valence-corrected chi connectivity index (χ4v) is 0. The third-order valence-corrected chi connectivity index (χ3v) is 0. The molecule has 15 heteroatoms. The van der Waals surface area contributed by atoms with Crippen LogP contribution in [0.3, 0.4) is 0 Å². The van der Waals surface area contributed by atoms with Gasteiger partial charge in [0.15, 0.2) is 0 Å². The Morgan fingerprint density at radius 1 is 0.533 bits per heavy atom. The Bertz CT molecular complexity index is 49.1. The molecule has 0 aliphatic carbocycles. The molecule has 0 unspecified atom stereocenters. The van der Waals surface area contributed by atoms with Gasteiger partial charge in [0.1, 0.15) is 0 Å². The summed E-state index contributed by atoms with van der Waals surface area (Å²) in [6, 6.07) is 0. The first-order valence-corrected chi connectivity index (χ1v) is 5.09. The van der Waals surface area contributed by atoms with Crippen molar-refractivity contribution in [2.45, 2.75) is 0 Å². The summed E-state index contributed by atoms with van der Waals surface area (Å²) < 4.78 is 0. The third kappa shape index (κ3) is 236. The van der Waals surface area contributed by atoms with E-state index in [4.69, 9.17) is 44.0 Å². The van der Waals surface area contributed by atoms with Gasteiger partial charge in [-0.15, -0.1) is 0 Å². The van der Waals surface area contributed by atoms with Crippen LogP contribution in [0.2, 0.25) is 0 Å². The topological polar surface area (TPSA) is 199 Å². The molecule has 15 heavy (non-hydrogen) atoms. The second kappa shape index (κ2) is 31.2. The Labute approximate surface area is 179 Å². The van der Waals surface area contributed by atoms with Crippen LogP contribution in [-0.4, -0.2) is 128 Å². The van der Waals surface area contributed by atoms with Crippen LogP contribution >= 0.6 is 25.8 Å². The van der Waals surface area contributed by atoms with Crippen molar-refractivity contribution < 1.29 is 44.0 Å². The van der Waals surface area contributed by atoms with Crippen molar-refractivity contribution in [2.24, 2.45) is 0 Å². The average Bonchev–Trinajstić information content (AvgIpc) is 1.54. The van der Waals surface area contributed by atoms with E-state index in [0.29, 0.717) is 0 Å². The maximum atomic E-state index is 8.48. The molecule has 9 nitrogen and oxygen atoms in total. The smallest absolute Gasteiger partial charge is 0.854 e. The van der Waals surface area contributed by atoms with E-state index in [0.717, 1.165) is 0 Å². The molecule has 0 saturated heterocycles. The van der Waals surface area contributed by atoms with Gasteiger partial charge in [0.2, 0.25) is 0 Å². The van der Waals surface area contributed by atoms with Gasteiger partial charge in [-0.1, -0.05) is 0 Å². The van der Waals surface area contributed by atoms with E-state index < -0.39 is 25.8 Å². The molecule has 0 aromatic rings. The first-order valence-electron chi connectivity index (χ1n) is 1.70. The van der Waals surface area contributed by atoms with Crippen LogP contribution < -0.4 is 29.4 Å². The molecule has 0 aromatic carbocycles. The molecule has 0 atom stereocenters. The van der Waals surface area contributed by atoms with E-state index in [1.54, 1.807) is 0 Å². The fourth-order valence-electron chi connectivity index (χ4n) is 0. The van der Waals surface area contributed by atoms with Crippen molar-refractivity contribution in [1.29, 1.82) is 0 Å². The molecule has 3 N–H and O–H groups in total. The van der Waals surface area contributed by atoms with Gasteiger partial charge in [0, 0.05) is 0 Å². The summed E-state index contributed by atoms with van der Waals surface area (Å²) in [5, 5.41) is 0. The molecule has 0 rings (SSSR count). The van der Waals surface area contributed by atoms with E-state index in [1.165, 1.54) is 0 Å². The minimum Gasteiger partial charge on any atom is -0.854 e. The van der Waals surface area contributed by atoms with Crippen LogP contribution in [-0.2, 0) is 0 Å². The van der Waals surface area contributed by atoms with Crippen LogP contribution in [0.5, 0.6) is 0 Å². The summed E-state index contributed by atoms with van der Waals surface area (Å²) in [5.74, 6) is 0. The second-order valence-corrected chi connectivity index (χ2v) is 2.15. The van der Waals surface area contributed by atoms with Crippen molar-refractivity contribution in [1.82, 2.24) is 0 Å². The van der Waals surface area contributed by atoms with Crippen molar-refractivity contribution >= 4 is 139 Å². The zero-order valence-electron chi connectivity index (χ0n) is 7.25. The SMILES string of the molecule is OP(O)O.[Ca+2].[Ca+2].[Ca+2].[O-]P([O-])[O-].[O-]P([O-])[O-]. The van der Waals surface area contributed by atoms with Crippen LogP contribution in [0.25, 0.3) is 0 Å². The standard InChI is InChI=1S/3Ca.H3O3P.2O3P/c;;;3*1-4(2)3/h;;;1-3H;;/q3*+2;;2*-3. The molecule has 0 bridgehead atoms. The number of hydrogen-bond acceptors (Lipinski definition) is 9. The molecule has 0 saturated carbocycles. The van der Waals surface area contributed by atoms with Crippen molar-refractivity contribution in [2.75, 3.05) is 0 Å². The molecule has 0 fully saturated rings. The molecule has 78 valence electrons. The van der Waals surface area contributed by atoms with Crippen molar-refractivity contribution in [3.63, 3.8) is 0 Å². The van der Waals surface area contributed by atoms with Gasteiger partial charge in [0.25, 0.3) is 0 Å². The van der Waals surface area contributed by atoms with Crippen LogP contribution in [0.1, 0.15) is 0 Å². The van der Waals surface area contributed by atoms with Gasteiger partial charge < -0.3 is 61.2 Å². The van der Waals surface area contributed by atoms with E-state index in [9.17, 15) is 0 Å². The largest absolute Gasteiger partial charge is 2.00 e. The monoisotopic (exact) mass is 360 g/mol. The van der Waals surface area contributed by atoms with E-state index in [-0.39, 0.29) is 113 Å². The minimum atomic E-state index is -3.37. The quantitative estimate of drug-likeness (QED) is 0.277. The van der Waals surface area contributed by atoms with Crippen molar-refractivity contribution in [3.8, 4) is 0 Å². The van der Waals surface area contributed by atoms with Gasteiger partial charge >= 0.3 is 122 Å². The maximum absolute atomic E-state index is 8.48. The summed E-state index contributed by atoms with van der Waals surface area (Å²) in [6.45, 7) is 0. The van der Waals surface area contributed by atoms with Crippen LogP contribution in [0.4, 0.5) is 0 Å². The molecule has 0 heterocycles. The Morgan fingerprint density at radius 2 is 0.533 bits per heavy atom. The normalized spacial score (nSPS) is 7.20. The predicted octanol–water partition coefficient (Wildman–Crippen LogP) is -7.36. The molecule has 0 spiro atoms. The van der Waals surface area contributed by atoms with Gasteiger partial charge in [-0.2, -0.15) is 0 Å². The number of rotatable bonds is 0. The first kappa shape index (κ1) is 36.7. The van der Waals surface area contributed by atoms with Crippen molar-refractivity contribution in [3.05, 3.63) is 0 Å². The molecule has 0 amide bonds. The Hall–Kier alpha value is 4.71. The minimum absolute atomic E-state index is 0. The molecule has 0 radical (unpaired) electrons. The average molecular weight is 360 g/mol. The second-order valence-electron chi connectivity index (χ2n) is 0.716. The summed E-state index contributed by atoms with van der Waals surface area (Å²) in [7, 11) is -9.36. The zero-order chi connectivity index (χ0) is 10.7. The molecular weight excluding hydrogens is 357 g/mol. The van der Waals surface area contributed by atoms with E-state index in [2.05, 4.69) is 0 Å². The summed E-state index contributed by atoms with van der Waals surface area (Å²) in [4.78, 5) is 72.6. The van der Waals surface area contributed by atoms with Gasteiger partial charge in [-0.3, -0.25) is 0 Å². The Morgan fingerprint density at radius 3 is 0.533 bits per heavy atom. The third-order valence-electron chi connectivity index (χ3n) is 0. The zero-order valence-corrected chi connectivity index (χ0v) is 16.6. The summed E-state index contributed by atoms with van der Waals surface area (Å²) >= 11 is 0. The number of hydrogen-bond donors (Lipinski definition) is 3. The van der Waals surface area contributed by atoms with E-state index in [1.807, 2.05) is 0 Å². The van der Waals surface area contributed by atoms with Crippen LogP contribution in [0.15, 0.2) is 0 Å². The predicted molar refractivity (Wildman–Crippen MR) is 44.7 cm³/mol. The Kier molecular flexibility index (Phi) is 76.4. The molecular formula is H3Ca3O9P3. The van der Waals surface area contributed by atoms with Crippen LogP contribution in [0, 0.1) is 0 Å². The Balaban J connectivity index is -0.0000000184. The molecule has 0 aliphatic rings. The molecule has 0 aromatic heterocycles. The van der Waals surface area contributed by atoms with Gasteiger partial charge in [0.05, 0.1) is 0 Å². The summed E-state index contributed by atoms with van der Waals surface area (Å²) in [6.07, 6.45) is 0. The van der Waals surface area contributed by atoms with Gasteiger partial charge in [-0.05, 0) is 0 Å². The first-order chi connectivity index (χ1) is 5.20.